The quantitative estimate of drug-likeness (QED) is 0.775. The Hall–Kier alpha value is -2.37. The number of esters is 1. The van der Waals surface area contributed by atoms with E-state index >= 15 is 0 Å². The number of carbonyl (C=O) groups excluding carboxylic acids is 1. The summed E-state index contributed by atoms with van der Waals surface area (Å²) in [5.74, 6) is 0.270. The standard InChI is InChI=1S/C20H19NO3S/c1-2-23-20(22)18-17(10-9-15-7-5-13-25-15)24-21-12-11-14-6-3-4-8-16(14)19(18)21/h3-10,13,19H,2,11-12H2,1H3/b10-9+. The average Bonchev–Trinajstić information content (AvgIpc) is 3.27. The topological polar surface area (TPSA) is 38.8 Å². The van der Waals surface area contributed by atoms with E-state index < -0.39 is 0 Å². The molecule has 0 amide bonds. The van der Waals surface area contributed by atoms with Crippen LogP contribution in [-0.4, -0.2) is 24.2 Å². The van der Waals surface area contributed by atoms with Gasteiger partial charge in [-0.2, -0.15) is 0 Å². The van der Waals surface area contributed by atoms with E-state index in [1.54, 1.807) is 11.3 Å². The lowest BCUT2D eigenvalue weighted by atomic mass is 9.89. The fourth-order valence-electron chi connectivity index (χ4n) is 3.34. The van der Waals surface area contributed by atoms with Gasteiger partial charge in [-0.1, -0.05) is 30.3 Å². The summed E-state index contributed by atoms with van der Waals surface area (Å²) >= 11 is 1.65. The fraction of sp³-hybridized carbons (Fsp3) is 0.250. The second kappa shape index (κ2) is 6.86. The highest BCUT2D eigenvalue weighted by Crippen LogP contribution is 2.43. The average molecular weight is 353 g/mol. The van der Waals surface area contributed by atoms with E-state index in [9.17, 15) is 4.79 Å². The van der Waals surface area contributed by atoms with Crippen molar-refractivity contribution < 1.29 is 14.4 Å². The van der Waals surface area contributed by atoms with Gasteiger partial charge in [0.05, 0.1) is 6.61 Å². The number of rotatable bonds is 4. The molecule has 25 heavy (non-hydrogen) atoms. The molecule has 1 unspecified atom stereocenters. The van der Waals surface area contributed by atoms with Crippen molar-refractivity contribution in [3.05, 3.63) is 75.2 Å². The fourth-order valence-corrected chi connectivity index (χ4v) is 3.95. The molecule has 2 aliphatic rings. The number of allylic oxidation sites excluding steroid dienone is 1. The number of hydroxylamine groups is 2. The smallest absolute Gasteiger partial charge is 0.339 e. The molecule has 5 heteroatoms. The van der Waals surface area contributed by atoms with E-state index in [0.29, 0.717) is 17.9 Å². The Bertz CT molecular complexity index is 838. The van der Waals surface area contributed by atoms with Crippen LogP contribution in [0.3, 0.4) is 0 Å². The summed E-state index contributed by atoms with van der Waals surface area (Å²) in [5, 5.41) is 3.91. The van der Waals surface area contributed by atoms with Crippen LogP contribution in [0.4, 0.5) is 0 Å². The first-order chi connectivity index (χ1) is 12.3. The molecule has 3 heterocycles. The number of carbonyl (C=O) groups is 1. The maximum atomic E-state index is 12.7. The van der Waals surface area contributed by atoms with Crippen molar-refractivity contribution in [3.63, 3.8) is 0 Å². The molecule has 4 nitrogen and oxygen atoms in total. The third-order valence-corrected chi connectivity index (χ3v) is 5.27. The molecule has 0 fully saturated rings. The number of hydrogen-bond acceptors (Lipinski definition) is 5. The molecular formula is C20H19NO3S. The SMILES string of the molecule is CCOC(=O)C1=C(/C=C/c2cccs2)ON2CCc3ccccc3C12. The number of benzene rings is 1. The van der Waals surface area contributed by atoms with Gasteiger partial charge in [-0.3, -0.25) is 0 Å². The Kier molecular flexibility index (Phi) is 4.42. The van der Waals surface area contributed by atoms with Gasteiger partial charge in [-0.15, -0.1) is 16.4 Å². The summed E-state index contributed by atoms with van der Waals surface area (Å²) in [5.41, 5.74) is 2.97. The number of fused-ring (bicyclic) bond motifs is 3. The number of thiophene rings is 1. The molecule has 1 aromatic heterocycles. The molecule has 1 atom stereocenters. The van der Waals surface area contributed by atoms with Crippen LogP contribution in [0.2, 0.25) is 0 Å². The van der Waals surface area contributed by atoms with Crippen LogP contribution in [0.1, 0.15) is 29.0 Å². The molecule has 0 bridgehead atoms. The molecule has 0 saturated heterocycles. The number of ether oxygens (including phenoxy) is 1. The van der Waals surface area contributed by atoms with Gasteiger partial charge in [-0.05, 0) is 48.1 Å². The van der Waals surface area contributed by atoms with Crippen molar-refractivity contribution in [3.8, 4) is 0 Å². The molecule has 0 N–H and O–H groups in total. The van der Waals surface area contributed by atoms with Crippen LogP contribution in [0.25, 0.3) is 6.08 Å². The van der Waals surface area contributed by atoms with Gasteiger partial charge < -0.3 is 9.57 Å². The van der Waals surface area contributed by atoms with Crippen LogP contribution >= 0.6 is 11.3 Å². The van der Waals surface area contributed by atoms with Gasteiger partial charge >= 0.3 is 5.97 Å². The van der Waals surface area contributed by atoms with Crippen molar-refractivity contribution in [1.29, 1.82) is 0 Å². The molecule has 4 rings (SSSR count). The molecule has 2 aliphatic heterocycles. The van der Waals surface area contributed by atoms with Crippen molar-refractivity contribution >= 4 is 23.4 Å². The van der Waals surface area contributed by atoms with E-state index in [2.05, 4.69) is 12.1 Å². The zero-order valence-corrected chi connectivity index (χ0v) is 14.8. The van der Waals surface area contributed by atoms with Crippen LogP contribution in [0.5, 0.6) is 0 Å². The zero-order valence-electron chi connectivity index (χ0n) is 14.0. The van der Waals surface area contributed by atoms with Crippen LogP contribution in [0, 0.1) is 0 Å². The molecule has 2 aromatic rings. The lowest BCUT2D eigenvalue weighted by Crippen LogP contribution is -2.33. The summed E-state index contributed by atoms with van der Waals surface area (Å²) in [6.45, 7) is 2.92. The van der Waals surface area contributed by atoms with Gasteiger partial charge in [0.1, 0.15) is 11.6 Å². The third kappa shape index (κ3) is 3.01. The summed E-state index contributed by atoms with van der Waals surface area (Å²) in [6, 6.07) is 12.1. The number of hydrogen-bond donors (Lipinski definition) is 0. The Morgan fingerprint density at radius 3 is 3.00 bits per heavy atom. The first-order valence-electron chi connectivity index (χ1n) is 8.43. The van der Waals surface area contributed by atoms with Crippen molar-refractivity contribution in [2.75, 3.05) is 13.2 Å². The molecule has 0 aliphatic carbocycles. The highest BCUT2D eigenvalue weighted by molar-refractivity contribution is 7.10. The van der Waals surface area contributed by atoms with E-state index in [0.717, 1.165) is 23.4 Å². The molecule has 0 spiro atoms. The van der Waals surface area contributed by atoms with Gasteiger partial charge in [0, 0.05) is 11.4 Å². The predicted octanol–water partition coefficient (Wildman–Crippen LogP) is 4.12. The summed E-state index contributed by atoms with van der Waals surface area (Å²) in [4.78, 5) is 19.8. The minimum absolute atomic E-state index is 0.202. The van der Waals surface area contributed by atoms with Crippen molar-refractivity contribution in [2.24, 2.45) is 0 Å². The van der Waals surface area contributed by atoms with E-state index in [4.69, 9.17) is 9.57 Å². The lowest BCUT2D eigenvalue weighted by molar-refractivity contribution is -0.141. The molecule has 128 valence electrons. The number of nitrogens with zero attached hydrogens (tertiary/aromatic N) is 1. The normalized spacial score (nSPS) is 19.6. The second-order valence-corrected chi connectivity index (χ2v) is 6.91. The van der Waals surface area contributed by atoms with Crippen molar-refractivity contribution in [1.82, 2.24) is 5.06 Å². The van der Waals surface area contributed by atoms with Crippen molar-refractivity contribution in [2.45, 2.75) is 19.4 Å². The largest absolute Gasteiger partial charge is 0.462 e. The van der Waals surface area contributed by atoms with E-state index in [1.807, 2.05) is 53.8 Å². The Morgan fingerprint density at radius 1 is 1.32 bits per heavy atom. The molecule has 1 aromatic carbocycles. The lowest BCUT2D eigenvalue weighted by Gasteiger charge is -2.30. The predicted molar refractivity (Wildman–Crippen MR) is 97.7 cm³/mol. The minimum Gasteiger partial charge on any atom is -0.462 e. The van der Waals surface area contributed by atoms with Gasteiger partial charge in [0.25, 0.3) is 0 Å². The summed E-state index contributed by atoms with van der Waals surface area (Å²) < 4.78 is 5.32. The molecule has 0 saturated carbocycles. The highest BCUT2D eigenvalue weighted by Gasteiger charge is 2.42. The Labute approximate surface area is 150 Å². The van der Waals surface area contributed by atoms with E-state index in [-0.39, 0.29) is 12.0 Å². The first kappa shape index (κ1) is 16.1. The second-order valence-electron chi connectivity index (χ2n) is 5.93. The van der Waals surface area contributed by atoms with Gasteiger partial charge in [0.2, 0.25) is 0 Å². The van der Waals surface area contributed by atoms with Crippen LogP contribution in [0.15, 0.2) is 59.2 Å². The highest BCUT2D eigenvalue weighted by atomic mass is 32.1. The monoisotopic (exact) mass is 353 g/mol. The Morgan fingerprint density at radius 2 is 2.20 bits per heavy atom. The van der Waals surface area contributed by atoms with Crippen LogP contribution < -0.4 is 0 Å². The first-order valence-corrected chi connectivity index (χ1v) is 9.31. The Balaban J connectivity index is 1.76. The summed E-state index contributed by atoms with van der Waals surface area (Å²) in [6.07, 6.45) is 4.76. The molecule has 0 radical (unpaired) electrons. The maximum absolute atomic E-state index is 12.7. The zero-order chi connectivity index (χ0) is 17.2. The summed E-state index contributed by atoms with van der Waals surface area (Å²) in [7, 11) is 0. The minimum atomic E-state index is -0.308. The van der Waals surface area contributed by atoms with Gasteiger partial charge in [-0.25, -0.2) is 4.79 Å². The van der Waals surface area contributed by atoms with E-state index in [1.165, 1.54) is 5.56 Å². The van der Waals surface area contributed by atoms with Crippen LogP contribution in [-0.2, 0) is 20.8 Å². The maximum Gasteiger partial charge on any atom is 0.339 e. The molecular weight excluding hydrogens is 334 g/mol. The van der Waals surface area contributed by atoms with Gasteiger partial charge in [0.15, 0.2) is 5.76 Å². The third-order valence-electron chi connectivity index (χ3n) is 4.43.